The summed E-state index contributed by atoms with van der Waals surface area (Å²) < 4.78 is 57.7. The zero-order valence-electron chi connectivity index (χ0n) is 21.3. The number of carbonyl (C=O) groups excluding carboxylic acids is 2. The second-order valence-corrected chi connectivity index (χ2v) is 8.99. The van der Waals surface area contributed by atoms with Crippen molar-refractivity contribution in [3.8, 4) is 33.8 Å². The van der Waals surface area contributed by atoms with Gasteiger partial charge in [-0.2, -0.15) is 18.3 Å². The van der Waals surface area contributed by atoms with Crippen LogP contribution in [0.3, 0.4) is 0 Å². The summed E-state index contributed by atoms with van der Waals surface area (Å²) in [6, 6.07) is 15.8. The van der Waals surface area contributed by atoms with Crippen LogP contribution in [0.15, 0.2) is 85.3 Å². The second-order valence-electron chi connectivity index (χ2n) is 8.99. The molecule has 41 heavy (non-hydrogen) atoms. The quantitative estimate of drug-likeness (QED) is 0.258. The Morgan fingerprint density at radius 2 is 1.66 bits per heavy atom. The highest BCUT2D eigenvalue weighted by molar-refractivity contribution is 6.07. The molecule has 0 spiro atoms. The third-order valence-corrected chi connectivity index (χ3v) is 6.17. The minimum absolute atomic E-state index is 0.0759. The number of amides is 2. The first-order chi connectivity index (χ1) is 19.5. The van der Waals surface area contributed by atoms with E-state index in [4.69, 9.17) is 5.73 Å². The van der Waals surface area contributed by atoms with E-state index in [1.807, 2.05) is 0 Å². The van der Waals surface area contributed by atoms with E-state index in [0.29, 0.717) is 22.5 Å². The number of carbonyl (C=O) groups is 2. The average molecular weight is 561 g/mol. The summed E-state index contributed by atoms with van der Waals surface area (Å²) in [5.41, 5.74) is 5.01. The number of nitrogens with zero attached hydrogens (tertiary/aromatic N) is 4. The lowest BCUT2D eigenvalue weighted by molar-refractivity contribution is -0.137. The van der Waals surface area contributed by atoms with E-state index in [9.17, 15) is 22.8 Å². The number of aryl methyl sites for hydroxylation is 1. The van der Waals surface area contributed by atoms with Crippen LogP contribution in [-0.4, -0.2) is 31.6 Å². The molecular weight excluding hydrogens is 540 g/mol. The van der Waals surface area contributed by atoms with E-state index in [-0.39, 0.29) is 23.0 Å². The third kappa shape index (κ3) is 5.66. The first kappa shape index (κ1) is 27.2. The molecule has 0 fully saturated rings. The van der Waals surface area contributed by atoms with Crippen molar-refractivity contribution < 1.29 is 27.2 Å². The highest BCUT2D eigenvalue weighted by atomic mass is 19.4. The lowest BCUT2D eigenvalue weighted by Gasteiger charge is -2.16. The van der Waals surface area contributed by atoms with Crippen molar-refractivity contribution in [2.24, 2.45) is 12.8 Å². The van der Waals surface area contributed by atoms with E-state index < -0.39 is 40.5 Å². The summed E-state index contributed by atoms with van der Waals surface area (Å²) in [5.74, 6) is -3.01. The molecular formula is C29H20F4N6O2. The summed E-state index contributed by atoms with van der Waals surface area (Å²) in [6.07, 6.45) is -0.662. The fourth-order valence-corrected chi connectivity index (χ4v) is 4.18. The van der Waals surface area contributed by atoms with Crippen LogP contribution in [0.5, 0.6) is 0 Å². The topological polar surface area (TPSA) is 116 Å². The maximum atomic E-state index is 15.1. The van der Waals surface area contributed by atoms with Gasteiger partial charge in [0.25, 0.3) is 5.91 Å². The largest absolute Gasteiger partial charge is 0.417 e. The number of aromatic nitrogens is 4. The minimum atomic E-state index is -4.89. The first-order valence-electron chi connectivity index (χ1n) is 12.0. The van der Waals surface area contributed by atoms with Crippen LogP contribution < -0.4 is 11.1 Å². The number of nitrogens with two attached hydrogens (primary N) is 1. The normalized spacial score (nSPS) is 11.3. The Balaban J connectivity index is 1.59. The summed E-state index contributed by atoms with van der Waals surface area (Å²) in [6.45, 7) is 0. The molecule has 0 aliphatic rings. The summed E-state index contributed by atoms with van der Waals surface area (Å²) in [7, 11) is 1.52. The molecule has 0 radical (unpaired) electrons. The van der Waals surface area contributed by atoms with Crippen molar-refractivity contribution in [3.63, 3.8) is 0 Å². The molecule has 2 amide bonds. The molecule has 3 aromatic heterocycles. The van der Waals surface area contributed by atoms with Crippen LogP contribution in [0.2, 0.25) is 0 Å². The van der Waals surface area contributed by atoms with Gasteiger partial charge in [0.05, 0.1) is 39.5 Å². The van der Waals surface area contributed by atoms with Crippen molar-refractivity contribution >= 4 is 17.5 Å². The molecule has 3 N–H and O–H groups in total. The van der Waals surface area contributed by atoms with Gasteiger partial charge in [-0.05, 0) is 36.4 Å². The van der Waals surface area contributed by atoms with Crippen LogP contribution in [0, 0.1) is 5.82 Å². The van der Waals surface area contributed by atoms with Gasteiger partial charge in [0.1, 0.15) is 5.82 Å². The Morgan fingerprint density at radius 3 is 2.27 bits per heavy atom. The van der Waals surface area contributed by atoms with Crippen LogP contribution in [-0.2, 0) is 13.2 Å². The Morgan fingerprint density at radius 1 is 0.902 bits per heavy atom. The van der Waals surface area contributed by atoms with Gasteiger partial charge >= 0.3 is 6.18 Å². The predicted octanol–water partition coefficient (Wildman–Crippen LogP) is 5.72. The molecule has 0 saturated heterocycles. The number of hydrogen-bond acceptors (Lipinski definition) is 5. The molecule has 0 bridgehead atoms. The SMILES string of the molecule is Cn1ccc(-c2cc(C(=O)Nc3cc(-c4ccc(C(N)=O)cn4)cnc3-c3ccccc3)c(F)cc2C(F)(F)F)n1. The average Bonchev–Trinajstić information content (AvgIpc) is 3.38. The van der Waals surface area contributed by atoms with E-state index in [1.165, 1.54) is 42.5 Å². The maximum Gasteiger partial charge on any atom is 0.417 e. The van der Waals surface area contributed by atoms with Crippen molar-refractivity contribution in [2.75, 3.05) is 5.32 Å². The summed E-state index contributed by atoms with van der Waals surface area (Å²) >= 11 is 0. The molecule has 206 valence electrons. The Labute approximate surface area is 230 Å². The van der Waals surface area contributed by atoms with Gasteiger partial charge in [-0.25, -0.2) is 4.39 Å². The molecule has 5 aromatic rings. The lowest BCUT2D eigenvalue weighted by Crippen LogP contribution is -2.17. The van der Waals surface area contributed by atoms with Gasteiger partial charge in [-0.1, -0.05) is 30.3 Å². The van der Waals surface area contributed by atoms with Gasteiger partial charge in [0.2, 0.25) is 5.91 Å². The number of primary amides is 1. The smallest absolute Gasteiger partial charge is 0.366 e. The summed E-state index contributed by atoms with van der Waals surface area (Å²) in [4.78, 5) is 33.5. The predicted molar refractivity (Wildman–Crippen MR) is 143 cm³/mol. The maximum absolute atomic E-state index is 15.1. The van der Waals surface area contributed by atoms with Crippen molar-refractivity contribution in [2.45, 2.75) is 6.18 Å². The molecule has 2 aromatic carbocycles. The van der Waals surface area contributed by atoms with E-state index in [1.54, 1.807) is 42.5 Å². The number of rotatable bonds is 6. The first-order valence-corrected chi connectivity index (χ1v) is 12.0. The van der Waals surface area contributed by atoms with Crippen LogP contribution >= 0.6 is 0 Å². The summed E-state index contributed by atoms with van der Waals surface area (Å²) in [5, 5.41) is 6.60. The fraction of sp³-hybridized carbons (Fsp3) is 0.0690. The van der Waals surface area contributed by atoms with Crippen LogP contribution in [0.4, 0.5) is 23.2 Å². The van der Waals surface area contributed by atoms with Gasteiger partial charge in [-0.15, -0.1) is 0 Å². The molecule has 12 heteroatoms. The molecule has 0 unspecified atom stereocenters. The third-order valence-electron chi connectivity index (χ3n) is 6.17. The number of halogens is 4. The lowest BCUT2D eigenvalue weighted by atomic mass is 9.99. The molecule has 5 rings (SSSR count). The molecule has 0 aliphatic carbocycles. The van der Waals surface area contributed by atoms with Gasteiger partial charge in [-0.3, -0.25) is 24.2 Å². The Hall–Kier alpha value is -5.39. The van der Waals surface area contributed by atoms with E-state index in [0.717, 1.165) is 6.07 Å². The van der Waals surface area contributed by atoms with Crippen LogP contribution in [0.25, 0.3) is 33.8 Å². The van der Waals surface area contributed by atoms with Gasteiger partial charge in [0, 0.05) is 42.3 Å². The van der Waals surface area contributed by atoms with Crippen molar-refractivity contribution in [1.29, 1.82) is 0 Å². The Bertz CT molecular complexity index is 1770. The number of nitrogens with one attached hydrogen (secondary N) is 1. The second kappa shape index (κ2) is 10.6. The van der Waals surface area contributed by atoms with E-state index >= 15 is 4.39 Å². The Kier molecular flexibility index (Phi) is 7.06. The van der Waals surface area contributed by atoms with E-state index in [2.05, 4.69) is 20.4 Å². The minimum Gasteiger partial charge on any atom is -0.366 e. The number of alkyl halides is 3. The highest BCUT2D eigenvalue weighted by Crippen LogP contribution is 2.38. The standard InChI is InChI=1S/C29H20F4N6O2/c1-39-10-9-24(38-39)19-12-20(22(30)13-21(19)29(31,32)33)28(41)37-25-11-18(23-8-7-17(14-35-23)27(34)40)15-36-26(25)16-5-3-2-4-6-16/h2-15H,1H3,(H2,34,40)(H,37,41). The highest BCUT2D eigenvalue weighted by Gasteiger charge is 2.36. The zero-order chi connectivity index (χ0) is 29.3. The molecule has 0 aliphatic heterocycles. The fourth-order valence-electron chi connectivity index (χ4n) is 4.18. The number of benzene rings is 2. The van der Waals surface area contributed by atoms with Gasteiger partial charge in [0.15, 0.2) is 0 Å². The molecule has 0 atom stereocenters. The number of hydrogen-bond donors (Lipinski definition) is 2. The zero-order valence-corrected chi connectivity index (χ0v) is 21.3. The van der Waals surface area contributed by atoms with Crippen LogP contribution in [0.1, 0.15) is 26.3 Å². The van der Waals surface area contributed by atoms with Crippen molar-refractivity contribution in [3.05, 3.63) is 108 Å². The molecule has 8 nitrogen and oxygen atoms in total. The van der Waals surface area contributed by atoms with Gasteiger partial charge < -0.3 is 11.1 Å². The monoisotopic (exact) mass is 560 g/mol. The van der Waals surface area contributed by atoms with Crippen molar-refractivity contribution in [1.82, 2.24) is 19.7 Å². The number of pyridine rings is 2. The molecule has 0 saturated carbocycles. The number of anilines is 1. The molecule has 3 heterocycles.